The fraction of sp³-hybridized carbons (Fsp3) is 0.0769. The van der Waals surface area contributed by atoms with Crippen LogP contribution in [0.2, 0.25) is 0 Å². The second-order valence-corrected chi connectivity index (χ2v) is 9.30. The Hall–Kier alpha value is -4.24. The van der Waals surface area contributed by atoms with Crippen LogP contribution in [0.5, 0.6) is 5.75 Å². The van der Waals surface area contributed by atoms with Crippen molar-refractivity contribution in [3.05, 3.63) is 120 Å². The Morgan fingerprint density at radius 1 is 0.914 bits per heavy atom. The molecule has 0 saturated carbocycles. The van der Waals surface area contributed by atoms with E-state index >= 15 is 0 Å². The molecule has 1 heterocycles. The summed E-state index contributed by atoms with van der Waals surface area (Å²) in [4.78, 5) is 16.6. The molecule has 178 valence electrons. The first kappa shape index (κ1) is 23.9. The number of hydrogen-bond acceptors (Lipinski definition) is 5. The van der Waals surface area contributed by atoms with E-state index in [1.54, 1.807) is 12.4 Å². The number of sulfonamides is 1. The molecule has 35 heavy (non-hydrogen) atoms. The minimum atomic E-state index is -3.95. The smallest absolute Gasteiger partial charge is 0.261 e. The van der Waals surface area contributed by atoms with Gasteiger partial charge in [-0.15, -0.1) is 0 Å². The van der Waals surface area contributed by atoms with Gasteiger partial charge in [0, 0.05) is 35.8 Å². The molecular formula is C26H22FN3O4S. The van der Waals surface area contributed by atoms with Gasteiger partial charge in [0.2, 0.25) is 0 Å². The van der Waals surface area contributed by atoms with Crippen LogP contribution in [0, 0.1) is 5.82 Å². The molecule has 0 aliphatic carbocycles. The second kappa shape index (κ2) is 10.8. The first-order valence-corrected chi connectivity index (χ1v) is 12.1. The molecule has 0 radical (unpaired) electrons. The van der Waals surface area contributed by atoms with E-state index in [0.29, 0.717) is 12.4 Å². The van der Waals surface area contributed by atoms with Gasteiger partial charge < -0.3 is 10.1 Å². The van der Waals surface area contributed by atoms with Crippen molar-refractivity contribution < 1.29 is 22.3 Å². The van der Waals surface area contributed by atoms with E-state index in [-0.39, 0.29) is 22.7 Å². The zero-order chi connectivity index (χ0) is 24.7. The molecule has 0 atom stereocenters. The lowest BCUT2D eigenvalue weighted by Crippen LogP contribution is -2.23. The number of pyridine rings is 1. The molecular weight excluding hydrogens is 469 g/mol. The highest BCUT2D eigenvalue weighted by Crippen LogP contribution is 2.18. The number of carbonyl (C=O) groups excluding carboxylic acids is 1. The highest BCUT2D eigenvalue weighted by Gasteiger charge is 2.16. The third-order valence-electron chi connectivity index (χ3n) is 5.01. The van der Waals surface area contributed by atoms with E-state index in [4.69, 9.17) is 4.74 Å². The van der Waals surface area contributed by atoms with Crippen LogP contribution in [-0.4, -0.2) is 19.3 Å². The fourth-order valence-electron chi connectivity index (χ4n) is 3.17. The molecule has 9 heteroatoms. The summed E-state index contributed by atoms with van der Waals surface area (Å²) in [5, 5.41) is 2.78. The lowest BCUT2D eigenvalue weighted by atomic mass is 10.2. The molecule has 3 aromatic carbocycles. The highest BCUT2D eigenvalue weighted by atomic mass is 32.2. The van der Waals surface area contributed by atoms with Gasteiger partial charge in [-0.3, -0.25) is 14.5 Å². The van der Waals surface area contributed by atoms with Gasteiger partial charge in [0.25, 0.3) is 15.9 Å². The average Bonchev–Trinajstić information content (AvgIpc) is 2.88. The maximum atomic E-state index is 13.1. The molecule has 4 aromatic rings. The molecule has 0 bridgehead atoms. The van der Waals surface area contributed by atoms with Gasteiger partial charge in [0.15, 0.2) is 0 Å². The zero-order valence-electron chi connectivity index (χ0n) is 18.5. The largest absolute Gasteiger partial charge is 0.489 e. The minimum absolute atomic E-state index is 0.0791. The van der Waals surface area contributed by atoms with Crippen LogP contribution >= 0.6 is 0 Å². The van der Waals surface area contributed by atoms with Gasteiger partial charge in [-0.1, -0.05) is 24.3 Å². The number of rotatable bonds is 9. The maximum absolute atomic E-state index is 13.1. The van der Waals surface area contributed by atoms with Gasteiger partial charge in [-0.2, -0.15) is 0 Å². The van der Waals surface area contributed by atoms with Gasteiger partial charge >= 0.3 is 0 Å². The summed E-state index contributed by atoms with van der Waals surface area (Å²) < 4.78 is 46.5. The third kappa shape index (κ3) is 6.64. The van der Waals surface area contributed by atoms with Crippen molar-refractivity contribution >= 4 is 21.6 Å². The first-order valence-electron chi connectivity index (χ1n) is 10.7. The quantitative estimate of drug-likeness (QED) is 0.359. The molecule has 0 unspecified atom stereocenters. The number of nitrogens with zero attached hydrogens (tertiary/aromatic N) is 1. The van der Waals surface area contributed by atoms with Crippen LogP contribution < -0.4 is 14.8 Å². The zero-order valence-corrected chi connectivity index (χ0v) is 19.3. The van der Waals surface area contributed by atoms with E-state index in [9.17, 15) is 17.6 Å². The van der Waals surface area contributed by atoms with Crippen molar-refractivity contribution in [2.45, 2.75) is 18.0 Å². The number of ether oxygens (including phenoxy) is 1. The van der Waals surface area contributed by atoms with Crippen molar-refractivity contribution in [1.29, 1.82) is 0 Å². The first-order chi connectivity index (χ1) is 16.9. The summed E-state index contributed by atoms with van der Waals surface area (Å²) in [7, 11) is -3.95. The summed E-state index contributed by atoms with van der Waals surface area (Å²) in [6.45, 7) is 0.658. The number of nitrogens with one attached hydrogen (secondary N) is 2. The molecule has 1 aromatic heterocycles. The summed E-state index contributed by atoms with van der Waals surface area (Å²) in [6, 6.07) is 21.7. The van der Waals surface area contributed by atoms with E-state index in [1.165, 1.54) is 36.4 Å². The average molecular weight is 492 g/mol. The lowest BCUT2D eigenvalue weighted by Gasteiger charge is -2.10. The number of hydrogen-bond donors (Lipinski definition) is 2. The summed E-state index contributed by atoms with van der Waals surface area (Å²) in [6.07, 6.45) is 3.44. The number of aromatic nitrogens is 1. The standard InChI is InChI=1S/C26H22FN3O4S/c27-22-8-10-23(11-9-22)30-35(32,33)25-5-1-4-21(15-25)26(31)29-17-19-6-12-24(13-7-19)34-18-20-3-2-14-28-16-20/h1-16,30H,17-18H2,(H,29,31). The van der Waals surface area contributed by atoms with E-state index in [2.05, 4.69) is 15.0 Å². The van der Waals surface area contributed by atoms with Gasteiger partial charge in [-0.05, 0) is 66.2 Å². The molecule has 0 aliphatic heterocycles. The van der Waals surface area contributed by atoms with E-state index < -0.39 is 21.7 Å². The van der Waals surface area contributed by atoms with Gasteiger partial charge in [0.1, 0.15) is 18.2 Å². The minimum Gasteiger partial charge on any atom is -0.489 e. The summed E-state index contributed by atoms with van der Waals surface area (Å²) in [5.74, 6) is -0.199. The number of anilines is 1. The predicted octanol–water partition coefficient (Wildman–Crippen LogP) is 4.53. The number of halogens is 1. The van der Waals surface area contributed by atoms with Crippen molar-refractivity contribution in [3.63, 3.8) is 0 Å². The Balaban J connectivity index is 1.34. The second-order valence-electron chi connectivity index (χ2n) is 7.62. The van der Waals surface area contributed by atoms with Gasteiger partial charge in [0.05, 0.1) is 4.90 Å². The van der Waals surface area contributed by atoms with Crippen molar-refractivity contribution in [2.24, 2.45) is 0 Å². The molecule has 1 amide bonds. The van der Waals surface area contributed by atoms with Crippen LogP contribution in [0.1, 0.15) is 21.5 Å². The maximum Gasteiger partial charge on any atom is 0.261 e. The highest BCUT2D eigenvalue weighted by molar-refractivity contribution is 7.92. The normalized spacial score (nSPS) is 11.0. The third-order valence-corrected chi connectivity index (χ3v) is 6.39. The van der Waals surface area contributed by atoms with Gasteiger partial charge in [-0.25, -0.2) is 12.8 Å². The molecule has 2 N–H and O–H groups in total. The molecule has 0 aliphatic rings. The molecule has 4 rings (SSSR count). The van der Waals surface area contributed by atoms with Crippen molar-refractivity contribution in [3.8, 4) is 5.75 Å². The lowest BCUT2D eigenvalue weighted by molar-refractivity contribution is 0.0950. The van der Waals surface area contributed by atoms with Crippen molar-refractivity contribution in [2.75, 3.05) is 4.72 Å². The van der Waals surface area contributed by atoms with Crippen LogP contribution in [-0.2, 0) is 23.2 Å². The monoisotopic (exact) mass is 491 g/mol. The van der Waals surface area contributed by atoms with Crippen LogP contribution in [0.3, 0.4) is 0 Å². The van der Waals surface area contributed by atoms with E-state index in [1.807, 2.05) is 36.4 Å². The number of carbonyl (C=O) groups is 1. The molecule has 0 spiro atoms. The Morgan fingerprint density at radius 2 is 1.69 bits per heavy atom. The summed E-state index contributed by atoms with van der Waals surface area (Å²) in [5.41, 5.74) is 2.23. The Morgan fingerprint density at radius 3 is 2.40 bits per heavy atom. The fourth-order valence-corrected chi connectivity index (χ4v) is 4.28. The van der Waals surface area contributed by atoms with Crippen molar-refractivity contribution in [1.82, 2.24) is 10.3 Å². The van der Waals surface area contributed by atoms with Crippen LogP contribution in [0.15, 0.2) is 102 Å². The Labute approximate surface area is 202 Å². The number of amides is 1. The molecule has 7 nitrogen and oxygen atoms in total. The number of benzene rings is 3. The topological polar surface area (TPSA) is 97.4 Å². The SMILES string of the molecule is O=C(NCc1ccc(OCc2cccnc2)cc1)c1cccc(S(=O)(=O)Nc2ccc(F)cc2)c1. The predicted molar refractivity (Wildman–Crippen MR) is 130 cm³/mol. The molecule has 0 fully saturated rings. The van der Waals surface area contributed by atoms with E-state index in [0.717, 1.165) is 23.3 Å². The van der Waals surface area contributed by atoms with Crippen LogP contribution in [0.25, 0.3) is 0 Å². The summed E-state index contributed by atoms with van der Waals surface area (Å²) >= 11 is 0. The Kier molecular flexibility index (Phi) is 7.37. The Bertz CT molecular complexity index is 1390. The van der Waals surface area contributed by atoms with Crippen LogP contribution in [0.4, 0.5) is 10.1 Å². The molecule has 0 saturated heterocycles.